The number of nitrogens with one attached hydrogen (secondary N) is 1. The highest BCUT2D eigenvalue weighted by Crippen LogP contribution is 2.40. The average Bonchev–Trinajstić information content (AvgIpc) is 3.22. The molecule has 1 aliphatic rings. The third kappa shape index (κ3) is 4.86. The maximum atomic E-state index is 14.1. The summed E-state index contributed by atoms with van der Waals surface area (Å²) in [6.07, 6.45) is 5.36. The number of hydrogen-bond donors (Lipinski definition) is 2. The van der Waals surface area contributed by atoms with E-state index < -0.39 is 38.7 Å². The number of carbonyl (C=O) groups is 1. The summed E-state index contributed by atoms with van der Waals surface area (Å²) in [4.78, 5) is 21.1. The van der Waals surface area contributed by atoms with E-state index in [2.05, 4.69) is 15.3 Å². The predicted molar refractivity (Wildman–Crippen MR) is 127 cm³/mol. The van der Waals surface area contributed by atoms with E-state index in [1.54, 1.807) is 12.3 Å². The Morgan fingerprint density at radius 3 is 2.56 bits per heavy atom. The van der Waals surface area contributed by atoms with Gasteiger partial charge in [-0.25, -0.2) is 22.2 Å². The molecule has 11 heteroatoms. The van der Waals surface area contributed by atoms with Crippen LogP contribution in [0.2, 0.25) is 0 Å². The second-order valence-corrected chi connectivity index (χ2v) is 11.7. The van der Waals surface area contributed by atoms with Gasteiger partial charge in [0.2, 0.25) is 0 Å². The Hall–Kier alpha value is -2.76. The zero-order valence-corrected chi connectivity index (χ0v) is 20.2. The summed E-state index contributed by atoms with van der Waals surface area (Å²) >= 11 is 0.964. The smallest absolute Gasteiger partial charge is 0.275 e. The molecule has 0 unspecified atom stereocenters. The lowest BCUT2D eigenvalue weighted by atomic mass is 9.76. The summed E-state index contributed by atoms with van der Waals surface area (Å²) in [5, 5.41) is 3.66. The topological polar surface area (TPSA) is 115 Å². The number of aromatic nitrogens is 2. The Labute approximate surface area is 200 Å². The van der Waals surface area contributed by atoms with E-state index in [9.17, 15) is 22.0 Å². The maximum absolute atomic E-state index is 14.1. The molecule has 0 saturated heterocycles. The van der Waals surface area contributed by atoms with E-state index in [0.29, 0.717) is 18.5 Å². The molecule has 1 aromatic carbocycles. The Morgan fingerprint density at radius 1 is 1.21 bits per heavy atom. The van der Waals surface area contributed by atoms with Crippen molar-refractivity contribution in [3.63, 3.8) is 0 Å². The summed E-state index contributed by atoms with van der Waals surface area (Å²) in [7, 11) is -3.29. The van der Waals surface area contributed by atoms with Crippen LogP contribution in [0.4, 0.5) is 14.5 Å². The Bertz CT molecular complexity index is 1300. The largest absolute Gasteiger partial charge is 0.326 e. The number of amides is 1. The van der Waals surface area contributed by atoms with E-state index >= 15 is 0 Å². The summed E-state index contributed by atoms with van der Waals surface area (Å²) in [5.74, 6) is -2.29. The van der Waals surface area contributed by atoms with Crippen LogP contribution in [0.15, 0.2) is 42.0 Å². The molecule has 1 saturated carbocycles. The zero-order chi connectivity index (χ0) is 24.6. The van der Waals surface area contributed by atoms with Gasteiger partial charge in [-0.3, -0.25) is 9.78 Å². The number of anilines is 1. The minimum absolute atomic E-state index is 0.0170. The van der Waals surface area contributed by atoms with Crippen molar-refractivity contribution in [1.29, 1.82) is 0 Å². The van der Waals surface area contributed by atoms with Crippen molar-refractivity contribution in [2.45, 2.75) is 37.0 Å². The van der Waals surface area contributed by atoms with E-state index in [1.807, 2.05) is 6.92 Å². The number of carbonyl (C=O) groups excluding carboxylic acids is 1. The Kier molecular flexibility index (Phi) is 6.79. The van der Waals surface area contributed by atoms with Gasteiger partial charge in [0.15, 0.2) is 9.84 Å². The second kappa shape index (κ2) is 9.47. The Balaban J connectivity index is 1.56. The predicted octanol–water partition coefficient (Wildman–Crippen LogP) is 3.99. The lowest BCUT2D eigenvalue weighted by Gasteiger charge is -2.38. The first-order valence-corrected chi connectivity index (χ1v) is 13.5. The molecule has 2 aromatic heterocycles. The zero-order valence-electron chi connectivity index (χ0n) is 18.5. The molecule has 0 aliphatic heterocycles. The van der Waals surface area contributed by atoms with Gasteiger partial charge in [-0.15, -0.1) is 11.3 Å². The number of pyridine rings is 1. The standard InChI is InChI=1S/C23H24F2N4O3S2/c1-12-8-13(9-17(26)21(12)34(2,31)32)14-6-7-27-10-18(14)28-22(30)19-11-33-23(29-19)20-15(24)4-3-5-16(20)25/h3-7,10-13,17,21H,8-9,26H2,1-2H3,(H,28,30)/t12-,13+,17+,21-/m0/s1. The highest BCUT2D eigenvalue weighted by Gasteiger charge is 2.40. The molecule has 180 valence electrons. The van der Waals surface area contributed by atoms with Crippen LogP contribution in [0.25, 0.3) is 10.6 Å². The SMILES string of the molecule is C[C@H]1C[C@@H](c2ccncc2NC(=O)c2csc(-c3c(F)cccc3F)n2)C[C@@H](N)[C@H]1S(C)(=O)=O. The first-order chi connectivity index (χ1) is 16.1. The van der Waals surface area contributed by atoms with Crippen LogP contribution in [0, 0.1) is 17.6 Å². The van der Waals surface area contributed by atoms with Gasteiger partial charge in [-0.2, -0.15) is 0 Å². The van der Waals surface area contributed by atoms with Crippen molar-refractivity contribution in [3.8, 4) is 10.6 Å². The van der Waals surface area contributed by atoms with Crippen LogP contribution in [-0.2, 0) is 9.84 Å². The lowest BCUT2D eigenvalue weighted by Crippen LogP contribution is -2.48. The summed E-state index contributed by atoms with van der Waals surface area (Å²) in [6.45, 7) is 1.87. The minimum Gasteiger partial charge on any atom is -0.326 e. The maximum Gasteiger partial charge on any atom is 0.275 e. The first-order valence-electron chi connectivity index (χ1n) is 10.7. The molecule has 7 nitrogen and oxygen atoms in total. The van der Waals surface area contributed by atoms with Crippen molar-refractivity contribution < 1.29 is 22.0 Å². The third-order valence-electron chi connectivity index (χ3n) is 6.15. The fraction of sp³-hybridized carbons (Fsp3) is 0.348. The fourth-order valence-electron chi connectivity index (χ4n) is 4.80. The number of nitrogens with zero attached hydrogens (tertiary/aromatic N) is 2. The molecule has 2 heterocycles. The van der Waals surface area contributed by atoms with Crippen molar-refractivity contribution in [1.82, 2.24) is 9.97 Å². The van der Waals surface area contributed by atoms with Gasteiger partial charge in [0.25, 0.3) is 5.91 Å². The fourth-order valence-corrected chi connectivity index (χ4v) is 7.35. The van der Waals surface area contributed by atoms with E-state index in [1.165, 1.54) is 23.9 Å². The molecule has 4 rings (SSSR count). The average molecular weight is 507 g/mol. The van der Waals surface area contributed by atoms with Gasteiger partial charge in [0, 0.05) is 23.9 Å². The van der Waals surface area contributed by atoms with Gasteiger partial charge in [0.1, 0.15) is 22.3 Å². The van der Waals surface area contributed by atoms with E-state index in [4.69, 9.17) is 5.73 Å². The highest BCUT2D eigenvalue weighted by molar-refractivity contribution is 7.91. The van der Waals surface area contributed by atoms with E-state index in [0.717, 1.165) is 29.0 Å². The van der Waals surface area contributed by atoms with Crippen LogP contribution in [0.5, 0.6) is 0 Å². The number of thiazole rings is 1. The van der Waals surface area contributed by atoms with Gasteiger partial charge in [-0.1, -0.05) is 13.0 Å². The molecule has 3 aromatic rings. The summed E-state index contributed by atoms with van der Waals surface area (Å²) in [6, 6.07) is 4.77. The van der Waals surface area contributed by atoms with Crippen molar-refractivity contribution in [2.24, 2.45) is 11.7 Å². The monoisotopic (exact) mass is 506 g/mol. The normalized spacial score (nSPS) is 23.0. The van der Waals surface area contributed by atoms with Crippen LogP contribution >= 0.6 is 11.3 Å². The molecule has 4 atom stereocenters. The number of halogens is 2. The van der Waals surface area contributed by atoms with Crippen LogP contribution in [0.1, 0.15) is 41.7 Å². The minimum atomic E-state index is -3.29. The number of benzene rings is 1. The quantitative estimate of drug-likeness (QED) is 0.541. The van der Waals surface area contributed by atoms with Crippen LogP contribution in [0.3, 0.4) is 0 Å². The second-order valence-electron chi connectivity index (χ2n) is 8.66. The molecule has 34 heavy (non-hydrogen) atoms. The van der Waals surface area contributed by atoms with Crippen molar-refractivity contribution >= 4 is 32.8 Å². The molecular formula is C23H24F2N4O3S2. The summed E-state index contributed by atoms with van der Waals surface area (Å²) in [5.41, 5.74) is 7.25. The molecule has 1 fully saturated rings. The highest BCUT2D eigenvalue weighted by atomic mass is 32.2. The van der Waals surface area contributed by atoms with Crippen molar-refractivity contribution in [3.05, 3.63) is 64.9 Å². The molecule has 0 radical (unpaired) electrons. The van der Waals surface area contributed by atoms with Gasteiger partial charge >= 0.3 is 0 Å². The molecule has 3 N–H and O–H groups in total. The molecular weight excluding hydrogens is 482 g/mol. The van der Waals surface area contributed by atoms with Crippen molar-refractivity contribution in [2.75, 3.05) is 11.6 Å². The molecule has 1 aliphatic carbocycles. The van der Waals surface area contributed by atoms with Gasteiger partial charge in [0.05, 0.1) is 22.7 Å². The molecule has 1 amide bonds. The summed E-state index contributed by atoms with van der Waals surface area (Å²) < 4.78 is 52.5. The lowest BCUT2D eigenvalue weighted by molar-refractivity contribution is 0.102. The van der Waals surface area contributed by atoms with Gasteiger partial charge in [-0.05, 0) is 48.4 Å². The number of rotatable bonds is 5. The van der Waals surface area contributed by atoms with Crippen LogP contribution < -0.4 is 11.1 Å². The molecule has 0 bridgehead atoms. The number of sulfone groups is 1. The van der Waals surface area contributed by atoms with Crippen LogP contribution in [-0.4, -0.2) is 41.8 Å². The van der Waals surface area contributed by atoms with Gasteiger partial charge < -0.3 is 11.1 Å². The third-order valence-corrected chi connectivity index (χ3v) is 8.81. The molecule has 0 spiro atoms. The Morgan fingerprint density at radius 2 is 1.91 bits per heavy atom. The number of hydrogen-bond acceptors (Lipinski definition) is 7. The first kappa shape index (κ1) is 24.4. The number of nitrogens with two attached hydrogens (primary N) is 1. The van der Waals surface area contributed by atoms with E-state index in [-0.39, 0.29) is 28.1 Å².